The normalized spacial score (nSPS) is 9.90. The first-order valence-corrected chi connectivity index (χ1v) is 6.61. The van der Waals surface area contributed by atoms with E-state index < -0.39 is 0 Å². The molecule has 0 saturated heterocycles. The molecule has 0 aliphatic heterocycles. The molecule has 1 heterocycles. The molecule has 1 N–H and O–H groups in total. The van der Waals surface area contributed by atoms with Crippen molar-refractivity contribution in [2.75, 3.05) is 6.54 Å². The SMILES string of the molecule is Cl.O=C(NCCCn1ccnc1)c1cc(Cl)cc(Cl)c1. The smallest absolute Gasteiger partial charge is 0.251 e. The van der Waals surface area contributed by atoms with E-state index in [0.717, 1.165) is 13.0 Å². The maximum absolute atomic E-state index is 11.9. The molecule has 0 fully saturated rings. The lowest BCUT2D eigenvalue weighted by Crippen LogP contribution is -2.25. The molecule has 1 amide bonds. The third-order valence-corrected chi connectivity index (χ3v) is 3.00. The number of rotatable bonds is 5. The van der Waals surface area contributed by atoms with E-state index in [1.807, 2.05) is 10.8 Å². The van der Waals surface area contributed by atoms with Crippen LogP contribution in [0.25, 0.3) is 0 Å². The van der Waals surface area contributed by atoms with E-state index >= 15 is 0 Å². The number of hydrogen-bond donors (Lipinski definition) is 1. The molecule has 0 saturated carbocycles. The van der Waals surface area contributed by atoms with Gasteiger partial charge >= 0.3 is 0 Å². The van der Waals surface area contributed by atoms with Crippen LogP contribution in [-0.2, 0) is 6.54 Å². The Morgan fingerprint density at radius 1 is 1.25 bits per heavy atom. The van der Waals surface area contributed by atoms with Crippen LogP contribution in [0, 0.1) is 0 Å². The molecular weight excluding hydrogens is 321 g/mol. The summed E-state index contributed by atoms with van der Waals surface area (Å²) in [5.74, 6) is -0.171. The Hall–Kier alpha value is -1.23. The Bertz CT molecular complexity index is 538. The molecule has 0 atom stereocenters. The number of carbonyl (C=O) groups is 1. The van der Waals surface area contributed by atoms with Crippen LogP contribution in [0.15, 0.2) is 36.9 Å². The van der Waals surface area contributed by atoms with E-state index in [-0.39, 0.29) is 18.3 Å². The van der Waals surface area contributed by atoms with Crippen LogP contribution in [0.5, 0.6) is 0 Å². The van der Waals surface area contributed by atoms with E-state index in [9.17, 15) is 4.79 Å². The number of benzene rings is 1. The Balaban J connectivity index is 0.00000200. The summed E-state index contributed by atoms with van der Waals surface area (Å²) in [5.41, 5.74) is 0.472. The van der Waals surface area contributed by atoms with Crippen LogP contribution in [0.3, 0.4) is 0 Å². The number of aryl methyl sites for hydroxylation is 1. The Labute approximate surface area is 133 Å². The maximum Gasteiger partial charge on any atom is 0.251 e. The van der Waals surface area contributed by atoms with E-state index in [4.69, 9.17) is 23.2 Å². The van der Waals surface area contributed by atoms with Gasteiger partial charge in [0, 0.05) is 41.1 Å². The van der Waals surface area contributed by atoms with Crippen molar-refractivity contribution in [2.45, 2.75) is 13.0 Å². The number of hydrogen-bond acceptors (Lipinski definition) is 2. The van der Waals surface area contributed by atoms with Crippen LogP contribution >= 0.6 is 35.6 Å². The summed E-state index contributed by atoms with van der Waals surface area (Å²) >= 11 is 11.7. The lowest BCUT2D eigenvalue weighted by atomic mass is 10.2. The highest BCUT2D eigenvalue weighted by Gasteiger charge is 2.07. The number of aromatic nitrogens is 2. The van der Waals surface area contributed by atoms with Gasteiger partial charge in [-0.1, -0.05) is 23.2 Å². The predicted molar refractivity (Wildman–Crippen MR) is 82.9 cm³/mol. The van der Waals surface area contributed by atoms with E-state index in [1.54, 1.807) is 30.7 Å². The van der Waals surface area contributed by atoms with Gasteiger partial charge in [0.1, 0.15) is 0 Å². The molecule has 0 aliphatic carbocycles. The summed E-state index contributed by atoms with van der Waals surface area (Å²) in [6.45, 7) is 1.40. The van der Waals surface area contributed by atoms with Crippen molar-refractivity contribution < 1.29 is 4.79 Å². The molecule has 0 spiro atoms. The van der Waals surface area contributed by atoms with Gasteiger partial charge in [-0.25, -0.2) is 4.98 Å². The summed E-state index contributed by atoms with van der Waals surface area (Å²) < 4.78 is 1.96. The predicted octanol–water partition coefficient (Wildman–Crippen LogP) is 3.43. The van der Waals surface area contributed by atoms with Crippen LogP contribution in [-0.4, -0.2) is 22.0 Å². The second-order valence-electron chi connectivity index (χ2n) is 4.07. The fourth-order valence-electron chi connectivity index (χ4n) is 1.67. The minimum atomic E-state index is -0.171. The lowest BCUT2D eigenvalue weighted by Gasteiger charge is -2.06. The van der Waals surface area contributed by atoms with E-state index in [1.165, 1.54) is 0 Å². The minimum absolute atomic E-state index is 0. The monoisotopic (exact) mass is 333 g/mol. The summed E-state index contributed by atoms with van der Waals surface area (Å²) in [7, 11) is 0. The Kier molecular flexibility index (Phi) is 6.85. The van der Waals surface area contributed by atoms with Gasteiger partial charge in [-0.05, 0) is 24.6 Å². The second-order valence-corrected chi connectivity index (χ2v) is 4.94. The van der Waals surface area contributed by atoms with Crippen LogP contribution in [0.2, 0.25) is 10.0 Å². The third-order valence-electron chi connectivity index (χ3n) is 2.56. The molecular formula is C13H14Cl3N3O. The van der Waals surface area contributed by atoms with Gasteiger partial charge in [-0.3, -0.25) is 4.79 Å². The van der Waals surface area contributed by atoms with Crippen molar-refractivity contribution in [1.82, 2.24) is 14.9 Å². The van der Waals surface area contributed by atoms with Gasteiger partial charge in [-0.15, -0.1) is 12.4 Å². The van der Waals surface area contributed by atoms with Crippen molar-refractivity contribution >= 4 is 41.5 Å². The summed E-state index contributed by atoms with van der Waals surface area (Å²) in [5, 5.41) is 3.74. The highest BCUT2D eigenvalue weighted by atomic mass is 35.5. The fraction of sp³-hybridized carbons (Fsp3) is 0.231. The van der Waals surface area contributed by atoms with Gasteiger partial charge in [0.15, 0.2) is 0 Å². The van der Waals surface area contributed by atoms with E-state index in [2.05, 4.69) is 10.3 Å². The highest BCUT2D eigenvalue weighted by Crippen LogP contribution is 2.18. The molecule has 0 aliphatic rings. The first-order valence-electron chi connectivity index (χ1n) is 5.85. The van der Waals surface area contributed by atoms with Crippen LogP contribution in [0.1, 0.15) is 16.8 Å². The first-order chi connectivity index (χ1) is 9.15. The lowest BCUT2D eigenvalue weighted by molar-refractivity contribution is 0.0952. The summed E-state index contributed by atoms with van der Waals surface area (Å²) in [6.07, 6.45) is 6.19. The van der Waals surface area contributed by atoms with Crippen LogP contribution < -0.4 is 5.32 Å². The standard InChI is InChI=1S/C13H13Cl2N3O.ClH/c14-11-6-10(7-12(15)8-11)13(19)17-2-1-4-18-5-3-16-9-18;/h3,5-9H,1-2,4H2,(H,17,19);1H. The molecule has 2 aromatic rings. The molecule has 0 radical (unpaired) electrons. The Morgan fingerprint density at radius 3 is 2.55 bits per heavy atom. The zero-order valence-corrected chi connectivity index (χ0v) is 12.9. The summed E-state index contributed by atoms with van der Waals surface area (Å²) in [6, 6.07) is 4.79. The zero-order valence-electron chi connectivity index (χ0n) is 10.6. The largest absolute Gasteiger partial charge is 0.352 e. The van der Waals surface area contributed by atoms with Crippen molar-refractivity contribution in [1.29, 1.82) is 0 Å². The van der Waals surface area contributed by atoms with Gasteiger partial charge < -0.3 is 9.88 Å². The number of nitrogens with zero attached hydrogens (tertiary/aromatic N) is 2. The first kappa shape index (κ1) is 16.8. The quantitative estimate of drug-likeness (QED) is 0.852. The van der Waals surface area contributed by atoms with Crippen molar-refractivity contribution in [2.24, 2.45) is 0 Å². The number of halogens is 3. The zero-order chi connectivity index (χ0) is 13.7. The topological polar surface area (TPSA) is 46.9 Å². The molecule has 1 aromatic carbocycles. The number of imidazole rings is 1. The number of nitrogens with one attached hydrogen (secondary N) is 1. The Morgan fingerprint density at radius 2 is 1.95 bits per heavy atom. The second kappa shape index (κ2) is 8.15. The maximum atomic E-state index is 11.9. The average Bonchev–Trinajstić information content (AvgIpc) is 2.86. The average molecular weight is 335 g/mol. The molecule has 20 heavy (non-hydrogen) atoms. The van der Waals surface area contributed by atoms with Gasteiger partial charge in [0.05, 0.1) is 6.33 Å². The van der Waals surface area contributed by atoms with Crippen LogP contribution in [0.4, 0.5) is 0 Å². The summed E-state index contributed by atoms with van der Waals surface area (Å²) in [4.78, 5) is 15.8. The van der Waals surface area contributed by atoms with Gasteiger partial charge in [0.2, 0.25) is 0 Å². The number of amides is 1. The van der Waals surface area contributed by atoms with Crippen molar-refractivity contribution in [3.8, 4) is 0 Å². The van der Waals surface area contributed by atoms with Crippen molar-refractivity contribution in [3.63, 3.8) is 0 Å². The molecule has 108 valence electrons. The molecule has 4 nitrogen and oxygen atoms in total. The minimum Gasteiger partial charge on any atom is -0.352 e. The van der Waals surface area contributed by atoms with Gasteiger partial charge in [0.25, 0.3) is 5.91 Å². The molecule has 1 aromatic heterocycles. The highest BCUT2D eigenvalue weighted by molar-refractivity contribution is 6.35. The molecule has 0 unspecified atom stereocenters. The van der Waals surface area contributed by atoms with Crippen molar-refractivity contribution in [3.05, 3.63) is 52.5 Å². The fourth-order valence-corrected chi connectivity index (χ4v) is 2.20. The third kappa shape index (κ3) is 5.04. The number of carbonyl (C=O) groups excluding carboxylic acids is 1. The molecule has 7 heteroatoms. The molecule has 0 bridgehead atoms. The molecule has 2 rings (SSSR count). The van der Waals surface area contributed by atoms with Gasteiger partial charge in [-0.2, -0.15) is 0 Å². The van der Waals surface area contributed by atoms with E-state index in [0.29, 0.717) is 22.2 Å².